The van der Waals surface area contributed by atoms with Crippen LogP contribution in [-0.4, -0.2) is 34.5 Å². The Morgan fingerprint density at radius 2 is 1.79 bits per heavy atom. The Kier molecular flexibility index (Phi) is 6.86. The van der Waals surface area contributed by atoms with Crippen LogP contribution in [0.25, 0.3) is 0 Å². The van der Waals surface area contributed by atoms with E-state index in [1.807, 2.05) is 50.2 Å². The lowest BCUT2D eigenvalue weighted by Crippen LogP contribution is -2.31. The van der Waals surface area contributed by atoms with Gasteiger partial charge in [-0.2, -0.15) is 0 Å². The van der Waals surface area contributed by atoms with Crippen LogP contribution >= 0.6 is 23.4 Å². The zero-order valence-electron chi connectivity index (χ0n) is 15.8. The van der Waals surface area contributed by atoms with Gasteiger partial charge in [0.1, 0.15) is 11.5 Å². The number of hydrogen-bond donors (Lipinski definition) is 0. The molecular weight excluding hydrogens is 398 g/mol. The zero-order valence-corrected chi connectivity index (χ0v) is 17.4. The normalized spacial score (nSPS) is 16.5. The molecule has 0 N–H and O–H groups in total. The molecule has 0 saturated carbocycles. The zero-order chi connectivity index (χ0) is 20.1. The first kappa shape index (κ1) is 20.6. The maximum absolute atomic E-state index is 12.9. The van der Waals surface area contributed by atoms with Gasteiger partial charge in [-0.3, -0.25) is 14.5 Å². The number of rotatable bonds is 8. The maximum Gasteiger partial charge on any atom is 0.289 e. The summed E-state index contributed by atoms with van der Waals surface area (Å²) in [5, 5.41) is -0.187. The summed E-state index contributed by atoms with van der Waals surface area (Å²) in [6.45, 7) is 5.07. The average molecular weight is 420 g/mol. The molecule has 0 aromatic heterocycles. The summed E-state index contributed by atoms with van der Waals surface area (Å²) in [5.41, 5.74) is 1.63. The molecule has 0 bridgehead atoms. The van der Waals surface area contributed by atoms with Crippen molar-refractivity contribution >= 4 is 34.5 Å². The van der Waals surface area contributed by atoms with Crippen LogP contribution in [0.4, 0.5) is 4.79 Å². The number of carbonyl (C=O) groups is 2. The van der Waals surface area contributed by atoms with Gasteiger partial charge in [0.05, 0.1) is 25.0 Å². The minimum atomic E-state index is -0.480. The summed E-state index contributed by atoms with van der Waals surface area (Å²) in [5.74, 6) is 1.20. The second kappa shape index (κ2) is 9.34. The van der Waals surface area contributed by atoms with Crippen LogP contribution in [0.2, 0.25) is 5.02 Å². The number of benzene rings is 2. The van der Waals surface area contributed by atoms with Crippen LogP contribution in [-0.2, 0) is 17.8 Å². The van der Waals surface area contributed by atoms with Gasteiger partial charge < -0.3 is 9.47 Å². The van der Waals surface area contributed by atoms with Gasteiger partial charge in [0.2, 0.25) is 5.91 Å². The Labute approximate surface area is 174 Å². The van der Waals surface area contributed by atoms with E-state index in [2.05, 4.69) is 0 Å². The molecule has 0 spiro atoms. The van der Waals surface area contributed by atoms with Gasteiger partial charge in [0.15, 0.2) is 0 Å². The fourth-order valence-electron chi connectivity index (χ4n) is 3.02. The molecule has 7 heteroatoms. The molecule has 0 aliphatic carbocycles. The summed E-state index contributed by atoms with van der Waals surface area (Å²) in [7, 11) is 0. The van der Waals surface area contributed by atoms with Gasteiger partial charge in [-0.15, -0.1) is 0 Å². The van der Waals surface area contributed by atoms with Crippen molar-refractivity contribution in [3.05, 3.63) is 58.6 Å². The molecule has 1 fully saturated rings. The Bertz CT molecular complexity index is 873. The number of carbonyl (C=O) groups excluding carboxylic acids is 2. The van der Waals surface area contributed by atoms with Gasteiger partial charge in [-0.25, -0.2) is 0 Å². The standard InChI is InChI=1S/C21H22ClNO4S/c1-3-26-16-10-9-14(18(12-16)27-4-2)11-19-20(24)23(21(25)28-19)13-15-7-5-6-8-17(15)22/h5-10,12,19H,3-4,11,13H2,1-2H3/t19-/m1/s1. The van der Waals surface area contributed by atoms with Crippen molar-refractivity contribution in [2.75, 3.05) is 13.2 Å². The monoisotopic (exact) mass is 419 g/mol. The van der Waals surface area contributed by atoms with Gasteiger partial charge in [-0.1, -0.05) is 47.6 Å². The molecule has 2 aromatic rings. The van der Waals surface area contributed by atoms with Crippen LogP contribution in [0.1, 0.15) is 25.0 Å². The van der Waals surface area contributed by atoms with Crippen molar-refractivity contribution < 1.29 is 19.1 Å². The van der Waals surface area contributed by atoms with E-state index in [4.69, 9.17) is 21.1 Å². The van der Waals surface area contributed by atoms with Crippen LogP contribution in [0.5, 0.6) is 11.5 Å². The van der Waals surface area contributed by atoms with Crippen molar-refractivity contribution in [1.82, 2.24) is 4.90 Å². The highest BCUT2D eigenvalue weighted by Gasteiger charge is 2.40. The van der Waals surface area contributed by atoms with E-state index in [1.54, 1.807) is 6.07 Å². The second-order valence-corrected chi connectivity index (χ2v) is 7.79. The summed E-state index contributed by atoms with van der Waals surface area (Å²) in [4.78, 5) is 26.5. The Balaban J connectivity index is 1.76. The molecule has 0 unspecified atom stereocenters. The molecule has 1 aliphatic heterocycles. The Hall–Kier alpha value is -2.18. The molecule has 2 aromatic carbocycles. The van der Waals surface area contributed by atoms with Crippen molar-refractivity contribution in [1.29, 1.82) is 0 Å². The van der Waals surface area contributed by atoms with E-state index in [9.17, 15) is 9.59 Å². The molecule has 2 amide bonds. The molecule has 0 radical (unpaired) electrons. The summed E-state index contributed by atoms with van der Waals surface area (Å²) < 4.78 is 11.2. The molecule has 1 heterocycles. The maximum atomic E-state index is 12.9. The number of nitrogens with zero attached hydrogens (tertiary/aromatic N) is 1. The lowest BCUT2D eigenvalue weighted by atomic mass is 10.1. The third kappa shape index (κ3) is 4.62. The smallest absolute Gasteiger partial charge is 0.289 e. The third-order valence-electron chi connectivity index (χ3n) is 4.35. The van der Waals surface area contributed by atoms with Crippen molar-refractivity contribution in [3.63, 3.8) is 0 Å². The van der Waals surface area contributed by atoms with Crippen molar-refractivity contribution in [2.45, 2.75) is 32.1 Å². The summed E-state index contributed by atoms with van der Waals surface area (Å²) in [6.07, 6.45) is 0.413. The van der Waals surface area contributed by atoms with E-state index in [0.717, 1.165) is 28.6 Å². The highest BCUT2D eigenvalue weighted by Crippen LogP contribution is 2.35. The quantitative estimate of drug-likeness (QED) is 0.606. The van der Waals surface area contributed by atoms with E-state index in [1.165, 1.54) is 4.90 Å². The molecule has 5 nitrogen and oxygen atoms in total. The molecular formula is C21H22ClNO4S. The van der Waals surface area contributed by atoms with E-state index >= 15 is 0 Å². The number of thioether (sulfide) groups is 1. The van der Waals surface area contributed by atoms with Gasteiger partial charge >= 0.3 is 0 Å². The minimum absolute atomic E-state index is 0.183. The van der Waals surface area contributed by atoms with Gasteiger partial charge in [0.25, 0.3) is 5.24 Å². The minimum Gasteiger partial charge on any atom is -0.494 e. The van der Waals surface area contributed by atoms with Gasteiger partial charge in [-0.05, 0) is 43.5 Å². The number of hydrogen-bond acceptors (Lipinski definition) is 5. The largest absolute Gasteiger partial charge is 0.494 e. The Morgan fingerprint density at radius 3 is 2.50 bits per heavy atom. The molecule has 1 saturated heterocycles. The molecule has 1 atom stereocenters. The molecule has 28 heavy (non-hydrogen) atoms. The third-order valence-corrected chi connectivity index (χ3v) is 5.79. The van der Waals surface area contributed by atoms with Crippen LogP contribution in [0, 0.1) is 0 Å². The first-order valence-corrected chi connectivity index (χ1v) is 10.4. The fourth-order valence-corrected chi connectivity index (χ4v) is 4.23. The van der Waals surface area contributed by atoms with Crippen LogP contribution in [0.15, 0.2) is 42.5 Å². The molecule has 148 valence electrons. The molecule has 1 aliphatic rings. The van der Waals surface area contributed by atoms with E-state index in [-0.39, 0.29) is 17.7 Å². The summed E-state index contributed by atoms with van der Waals surface area (Å²) >= 11 is 7.23. The fraction of sp³-hybridized carbons (Fsp3) is 0.333. The lowest BCUT2D eigenvalue weighted by molar-refractivity contribution is -0.127. The Morgan fingerprint density at radius 1 is 1.04 bits per heavy atom. The predicted octanol–water partition coefficient (Wildman–Crippen LogP) is 4.94. The first-order valence-electron chi connectivity index (χ1n) is 9.17. The van der Waals surface area contributed by atoms with Gasteiger partial charge in [0, 0.05) is 11.1 Å². The van der Waals surface area contributed by atoms with Crippen LogP contribution in [0.3, 0.4) is 0 Å². The highest BCUT2D eigenvalue weighted by atomic mass is 35.5. The second-order valence-electron chi connectivity index (χ2n) is 6.23. The van der Waals surface area contributed by atoms with Crippen molar-refractivity contribution in [3.8, 4) is 11.5 Å². The number of ether oxygens (including phenoxy) is 2. The topological polar surface area (TPSA) is 55.8 Å². The highest BCUT2D eigenvalue weighted by molar-refractivity contribution is 8.15. The van der Waals surface area contributed by atoms with E-state index < -0.39 is 5.25 Å². The first-order chi connectivity index (χ1) is 13.5. The summed E-state index contributed by atoms with van der Waals surface area (Å²) in [6, 6.07) is 12.8. The van der Waals surface area contributed by atoms with Crippen molar-refractivity contribution in [2.24, 2.45) is 0 Å². The average Bonchev–Trinajstić information content (AvgIpc) is 2.93. The number of amides is 2. The van der Waals surface area contributed by atoms with E-state index in [0.29, 0.717) is 30.4 Å². The molecule has 3 rings (SSSR count). The van der Waals surface area contributed by atoms with Crippen LogP contribution < -0.4 is 9.47 Å². The lowest BCUT2D eigenvalue weighted by Gasteiger charge is -2.16. The predicted molar refractivity (Wildman–Crippen MR) is 111 cm³/mol. The number of halogens is 1. The SMILES string of the molecule is CCOc1ccc(C[C@H]2SC(=O)N(Cc3ccccc3Cl)C2=O)c(OCC)c1. The number of imide groups is 1.